The maximum absolute atomic E-state index is 8.41. The Bertz CT molecular complexity index is 449. The van der Waals surface area contributed by atoms with Gasteiger partial charge in [0.1, 0.15) is 0 Å². The Balaban J connectivity index is 2.18. The molecule has 2 aromatic heterocycles. The summed E-state index contributed by atoms with van der Waals surface area (Å²) in [7, 11) is 0. The van der Waals surface area contributed by atoms with E-state index in [1.165, 1.54) is 6.21 Å². The molecule has 0 saturated carbocycles. The maximum Gasteiger partial charge on any atom is 0.205 e. The van der Waals surface area contributed by atoms with Gasteiger partial charge in [-0.25, -0.2) is 0 Å². The Labute approximate surface area is 87.1 Å². The number of furan rings is 1. The standard InChI is InChI=1S/C11H10N2O2/c14-12-7-10-3-1-5-13(8-10)9-11-4-2-6-15-11/h1-8H,9H2/p+1/b12-7+. The molecule has 0 aliphatic heterocycles. The molecule has 0 saturated heterocycles. The van der Waals surface area contributed by atoms with Crippen LogP contribution >= 0.6 is 0 Å². The lowest BCUT2D eigenvalue weighted by atomic mass is 10.3. The predicted molar refractivity (Wildman–Crippen MR) is 53.8 cm³/mol. The minimum atomic E-state index is 0.667. The summed E-state index contributed by atoms with van der Waals surface area (Å²) in [5, 5.41) is 11.4. The van der Waals surface area contributed by atoms with Crippen LogP contribution in [0.5, 0.6) is 0 Å². The Morgan fingerprint density at radius 3 is 3.07 bits per heavy atom. The van der Waals surface area contributed by atoms with Crippen molar-refractivity contribution >= 4 is 6.21 Å². The molecular formula is C11H11N2O2+. The Morgan fingerprint density at radius 1 is 1.40 bits per heavy atom. The van der Waals surface area contributed by atoms with Gasteiger partial charge in [0.05, 0.1) is 18.0 Å². The van der Waals surface area contributed by atoms with Gasteiger partial charge in [0.25, 0.3) is 0 Å². The second kappa shape index (κ2) is 4.41. The van der Waals surface area contributed by atoms with Crippen LogP contribution in [0.15, 0.2) is 52.5 Å². The van der Waals surface area contributed by atoms with Crippen molar-refractivity contribution in [3.05, 3.63) is 54.2 Å². The molecule has 4 nitrogen and oxygen atoms in total. The van der Waals surface area contributed by atoms with Crippen molar-refractivity contribution in [1.82, 2.24) is 0 Å². The molecule has 0 aliphatic carbocycles. The smallest absolute Gasteiger partial charge is 0.205 e. The van der Waals surface area contributed by atoms with E-state index in [-0.39, 0.29) is 0 Å². The minimum Gasteiger partial charge on any atom is -0.463 e. The van der Waals surface area contributed by atoms with Crippen LogP contribution in [0.1, 0.15) is 11.3 Å². The molecule has 2 heterocycles. The maximum atomic E-state index is 8.41. The van der Waals surface area contributed by atoms with Crippen LogP contribution in [0, 0.1) is 0 Å². The van der Waals surface area contributed by atoms with Crippen molar-refractivity contribution in [2.75, 3.05) is 0 Å². The van der Waals surface area contributed by atoms with Crippen LogP contribution in [-0.4, -0.2) is 11.4 Å². The van der Waals surface area contributed by atoms with E-state index in [4.69, 9.17) is 9.62 Å². The molecule has 0 radical (unpaired) electrons. The van der Waals surface area contributed by atoms with Crippen LogP contribution in [0.2, 0.25) is 0 Å². The van der Waals surface area contributed by atoms with Crippen molar-refractivity contribution in [2.24, 2.45) is 5.16 Å². The van der Waals surface area contributed by atoms with Gasteiger partial charge in [-0.2, -0.15) is 4.57 Å². The van der Waals surface area contributed by atoms with Crippen molar-refractivity contribution in [2.45, 2.75) is 6.54 Å². The summed E-state index contributed by atoms with van der Waals surface area (Å²) >= 11 is 0. The van der Waals surface area contributed by atoms with E-state index in [9.17, 15) is 0 Å². The molecule has 1 N–H and O–H groups in total. The second-order valence-electron chi connectivity index (χ2n) is 3.13. The molecule has 0 fully saturated rings. The van der Waals surface area contributed by atoms with Gasteiger partial charge < -0.3 is 9.62 Å². The molecule has 4 heteroatoms. The molecular weight excluding hydrogens is 192 g/mol. The van der Waals surface area contributed by atoms with Gasteiger partial charge in [0.2, 0.25) is 6.54 Å². The first kappa shape index (κ1) is 9.45. The largest absolute Gasteiger partial charge is 0.463 e. The zero-order chi connectivity index (χ0) is 10.5. The fraction of sp³-hybridized carbons (Fsp3) is 0.0909. The number of pyridine rings is 1. The van der Waals surface area contributed by atoms with Crippen LogP contribution in [0.3, 0.4) is 0 Å². The highest BCUT2D eigenvalue weighted by atomic mass is 16.4. The molecule has 0 unspecified atom stereocenters. The van der Waals surface area contributed by atoms with Crippen molar-refractivity contribution in [1.29, 1.82) is 0 Å². The quantitative estimate of drug-likeness (QED) is 0.355. The highest BCUT2D eigenvalue weighted by molar-refractivity contribution is 5.77. The fourth-order valence-corrected chi connectivity index (χ4v) is 1.37. The van der Waals surface area contributed by atoms with Crippen molar-refractivity contribution in [3.8, 4) is 0 Å². The summed E-state index contributed by atoms with van der Waals surface area (Å²) in [4.78, 5) is 0. The molecule has 15 heavy (non-hydrogen) atoms. The van der Waals surface area contributed by atoms with Crippen LogP contribution in [0.4, 0.5) is 0 Å². The summed E-state index contributed by atoms with van der Waals surface area (Å²) in [5.74, 6) is 0.887. The van der Waals surface area contributed by atoms with Gasteiger partial charge in [-0.3, -0.25) is 0 Å². The van der Waals surface area contributed by atoms with Gasteiger partial charge in [-0.1, -0.05) is 5.16 Å². The Morgan fingerprint density at radius 2 is 2.33 bits per heavy atom. The lowest BCUT2D eigenvalue weighted by molar-refractivity contribution is -0.690. The topological polar surface area (TPSA) is 49.6 Å². The van der Waals surface area contributed by atoms with Gasteiger partial charge in [0.15, 0.2) is 18.2 Å². The summed E-state index contributed by atoms with van der Waals surface area (Å²) in [6, 6.07) is 7.52. The average Bonchev–Trinajstić information content (AvgIpc) is 2.71. The Hall–Kier alpha value is -2.10. The van der Waals surface area contributed by atoms with E-state index in [1.54, 1.807) is 6.26 Å². The molecule has 0 atom stereocenters. The first-order chi connectivity index (χ1) is 7.38. The molecule has 0 amide bonds. The monoisotopic (exact) mass is 203 g/mol. The van der Waals surface area contributed by atoms with E-state index in [0.717, 1.165) is 11.3 Å². The minimum absolute atomic E-state index is 0.667. The number of hydrogen-bond donors (Lipinski definition) is 1. The van der Waals surface area contributed by atoms with Crippen LogP contribution in [0.25, 0.3) is 0 Å². The normalized spacial score (nSPS) is 10.9. The van der Waals surface area contributed by atoms with E-state index < -0.39 is 0 Å². The third kappa shape index (κ3) is 2.43. The molecule has 2 rings (SSSR count). The van der Waals surface area contributed by atoms with E-state index in [2.05, 4.69) is 5.16 Å². The van der Waals surface area contributed by atoms with Crippen molar-refractivity contribution < 1.29 is 14.2 Å². The first-order valence-corrected chi connectivity index (χ1v) is 4.57. The number of rotatable bonds is 3. The molecule has 76 valence electrons. The third-order valence-corrected chi connectivity index (χ3v) is 2.01. The molecule has 0 aliphatic rings. The first-order valence-electron chi connectivity index (χ1n) is 4.57. The molecule has 0 aromatic carbocycles. The fourth-order valence-electron chi connectivity index (χ4n) is 1.37. The van der Waals surface area contributed by atoms with Crippen LogP contribution in [-0.2, 0) is 6.54 Å². The van der Waals surface area contributed by atoms with Gasteiger partial charge in [-0.05, 0) is 18.2 Å². The zero-order valence-corrected chi connectivity index (χ0v) is 8.08. The second-order valence-corrected chi connectivity index (χ2v) is 3.13. The van der Waals surface area contributed by atoms with Gasteiger partial charge in [-0.15, -0.1) is 0 Å². The van der Waals surface area contributed by atoms with Gasteiger partial charge >= 0.3 is 0 Å². The number of oxime groups is 1. The lowest BCUT2D eigenvalue weighted by Gasteiger charge is -1.94. The zero-order valence-electron chi connectivity index (χ0n) is 8.08. The highest BCUT2D eigenvalue weighted by Crippen LogP contribution is 1.99. The SMILES string of the molecule is O/N=C/c1ccc[n+](Cc2ccco2)c1. The molecule has 0 spiro atoms. The number of nitrogens with zero attached hydrogens (tertiary/aromatic N) is 2. The molecule has 2 aromatic rings. The number of aromatic nitrogens is 1. The molecule has 0 bridgehead atoms. The average molecular weight is 203 g/mol. The summed E-state index contributed by atoms with van der Waals surface area (Å²) in [6.45, 7) is 0.667. The van der Waals surface area contributed by atoms with E-state index >= 15 is 0 Å². The lowest BCUT2D eigenvalue weighted by Crippen LogP contribution is -2.33. The van der Waals surface area contributed by atoms with E-state index in [1.807, 2.05) is 41.2 Å². The third-order valence-electron chi connectivity index (χ3n) is 2.01. The Kier molecular flexibility index (Phi) is 2.78. The van der Waals surface area contributed by atoms with Crippen molar-refractivity contribution in [3.63, 3.8) is 0 Å². The van der Waals surface area contributed by atoms with E-state index in [0.29, 0.717) is 6.54 Å². The predicted octanol–water partition coefficient (Wildman–Crippen LogP) is 1.42. The number of hydrogen-bond acceptors (Lipinski definition) is 3. The van der Waals surface area contributed by atoms with Crippen LogP contribution < -0.4 is 4.57 Å². The highest BCUT2D eigenvalue weighted by Gasteiger charge is 2.04. The van der Waals surface area contributed by atoms with Gasteiger partial charge in [0, 0.05) is 6.07 Å². The summed E-state index contributed by atoms with van der Waals surface area (Å²) < 4.78 is 7.19. The summed E-state index contributed by atoms with van der Waals surface area (Å²) in [6.07, 6.45) is 6.84. The summed E-state index contributed by atoms with van der Waals surface area (Å²) in [5.41, 5.74) is 0.839.